The van der Waals surface area contributed by atoms with Gasteiger partial charge in [0.25, 0.3) is 0 Å². The van der Waals surface area contributed by atoms with Crippen molar-refractivity contribution in [1.29, 1.82) is 0 Å². The fraction of sp³-hybridized carbons (Fsp3) is 0.538. The molecule has 5 heteroatoms. The number of halogens is 4. The molecule has 1 saturated carbocycles. The zero-order chi connectivity index (χ0) is 22.3. The second-order valence-corrected chi connectivity index (χ2v) is 8.81. The van der Waals surface area contributed by atoms with Crippen LogP contribution in [-0.2, 0) is 12.5 Å². The Morgan fingerprint density at radius 2 is 1.48 bits per heavy atom. The lowest BCUT2D eigenvalue weighted by atomic mass is 9.78. The maximum absolute atomic E-state index is 14.4. The third-order valence-electron chi connectivity index (χ3n) is 6.45. The first-order chi connectivity index (χ1) is 14.9. The standard InChI is InChI=1S/C26H32F4O/c1-2-3-4-5-19-6-8-20(9-7-19)10-11-21-12-14-22(15-13-21)26(29,30)31-23-16-17-24(27)25(28)18-23/h12-20H,2-11H2,1H3/t19-,20-. The van der Waals surface area contributed by atoms with Crippen molar-refractivity contribution in [1.82, 2.24) is 0 Å². The molecule has 1 fully saturated rings. The first-order valence-electron chi connectivity index (χ1n) is 11.5. The molecule has 3 rings (SSSR count). The van der Waals surface area contributed by atoms with Crippen LogP contribution in [0.15, 0.2) is 42.5 Å². The van der Waals surface area contributed by atoms with Gasteiger partial charge in [-0.15, -0.1) is 0 Å². The van der Waals surface area contributed by atoms with Crippen molar-refractivity contribution >= 4 is 0 Å². The summed E-state index contributed by atoms with van der Waals surface area (Å²) in [7, 11) is 0. The Morgan fingerprint density at radius 1 is 0.839 bits per heavy atom. The summed E-state index contributed by atoms with van der Waals surface area (Å²) in [6, 6.07) is 8.47. The van der Waals surface area contributed by atoms with Crippen molar-refractivity contribution in [2.75, 3.05) is 0 Å². The molecule has 1 aliphatic carbocycles. The molecule has 0 unspecified atom stereocenters. The normalized spacial score (nSPS) is 19.4. The Kier molecular flexibility index (Phi) is 8.39. The average molecular weight is 437 g/mol. The minimum Gasteiger partial charge on any atom is -0.429 e. The van der Waals surface area contributed by atoms with Gasteiger partial charge in [0.2, 0.25) is 0 Å². The first kappa shape index (κ1) is 23.6. The van der Waals surface area contributed by atoms with E-state index in [-0.39, 0.29) is 5.56 Å². The van der Waals surface area contributed by atoms with Crippen molar-refractivity contribution in [3.8, 4) is 5.75 Å². The van der Waals surface area contributed by atoms with Gasteiger partial charge in [0.1, 0.15) is 5.75 Å². The van der Waals surface area contributed by atoms with Crippen molar-refractivity contribution in [3.05, 3.63) is 65.2 Å². The minimum atomic E-state index is -3.63. The van der Waals surface area contributed by atoms with Crippen molar-refractivity contribution in [2.45, 2.75) is 77.2 Å². The summed E-state index contributed by atoms with van der Waals surface area (Å²) in [5, 5.41) is 0. The molecule has 0 amide bonds. The molecule has 0 N–H and O–H groups in total. The molecule has 31 heavy (non-hydrogen) atoms. The second kappa shape index (κ2) is 11.0. The highest BCUT2D eigenvalue weighted by molar-refractivity contribution is 5.28. The van der Waals surface area contributed by atoms with Crippen LogP contribution in [0.4, 0.5) is 17.6 Å². The zero-order valence-corrected chi connectivity index (χ0v) is 18.2. The van der Waals surface area contributed by atoms with Gasteiger partial charge in [-0.3, -0.25) is 0 Å². The van der Waals surface area contributed by atoms with E-state index in [1.54, 1.807) is 12.1 Å². The lowest BCUT2D eigenvalue weighted by Gasteiger charge is -2.28. The zero-order valence-electron chi connectivity index (χ0n) is 18.2. The number of aryl methyl sites for hydroxylation is 1. The van der Waals surface area contributed by atoms with Crippen LogP contribution >= 0.6 is 0 Å². The van der Waals surface area contributed by atoms with Crippen molar-refractivity contribution < 1.29 is 22.3 Å². The molecule has 0 bridgehead atoms. The Labute approximate surface area is 182 Å². The van der Waals surface area contributed by atoms with Gasteiger partial charge >= 0.3 is 6.11 Å². The van der Waals surface area contributed by atoms with Crippen LogP contribution in [0.1, 0.15) is 75.8 Å². The van der Waals surface area contributed by atoms with Crippen LogP contribution < -0.4 is 4.74 Å². The molecule has 0 spiro atoms. The smallest absolute Gasteiger partial charge is 0.426 e. The molecule has 2 aromatic carbocycles. The van der Waals surface area contributed by atoms with E-state index in [9.17, 15) is 17.6 Å². The third-order valence-corrected chi connectivity index (χ3v) is 6.45. The Morgan fingerprint density at radius 3 is 2.10 bits per heavy atom. The monoisotopic (exact) mass is 436 g/mol. The van der Waals surface area contributed by atoms with Gasteiger partial charge in [0, 0.05) is 6.07 Å². The van der Waals surface area contributed by atoms with Gasteiger partial charge in [0.05, 0.1) is 5.56 Å². The first-order valence-corrected chi connectivity index (χ1v) is 11.5. The third kappa shape index (κ3) is 6.98. The van der Waals surface area contributed by atoms with E-state index in [4.69, 9.17) is 0 Å². The number of rotatable bonds is 10. The molecular formula is C26H32F4O. The maximum Gasteiger partial charge on any atom is 0.426 e. The second-order valence-electron chi connectivity index (χ2n) is 8.81. The Balaban J connectivity index is 1.47. The van der Waals surface area contributed by atoms with E-state index >= 15 is 0 Å². The maximum atomic E-state index is 14.4. The molecule has 0 aliphatic heterocycles. The molecule has 0 atom stereocenters. The number of alkyl halides is 2. The fourth-order valence-electron chi connectivity index (χ4n) is 4.48. The SMILES string of the molecule is CCCCC[C@H]1CC[C@H](CCc2ccc(C(F)(F)Oc3ccc(F)c(F)c3)cc2)CC1. The average Bonchev–Trinajstić information content (AvgIpc) is 2.76. The molecule has 170 valence electrons. The predicted octanol–water partition coefficient (Wildman–Crippen LogP) is 8.41. The molecule has 0 aromatic heterocycles. The fourth-order valence-corrected chi connectivity index (χ4v) is 4.48. The number of hydrogen-bond donors (Lipinski definition) is 0. The molecule has 1 nitrogen and oxygen atoms in total. The van der Waals surface area contributed by atoms with E-state index < -0.39 is 23.5 Å². The lowest BCUT2D eigenvalue weighted by molar-refractivity contribution is -0.185. The van der Waals surface area contributed by atoms with E-state index in [1.165, 1.54) is 63.5 Å². The summed E-state index contributed by atoms with van der Waals surface area (Å²) in [6.45, 7) is 2.24. The minimum absolute atomic E-state index is 0.312. The van der Waals surface area contributed by atoms with E-state index in [0.717, 1.165) is 42.4 Å². The topological polar surface area (TPSA) is 9.23 Å². The summed E-state index contributed by atoms with van der Waals surface area (Å²) in [5.41, 5.74) is 0.714. The molecule has 1 aliphatic rings. The largest absolute Gasteiger partial charge is 0.429 e. The Bertz CT molecular complexity index is 811. The van der Waals surface area contributed by atoms with Crippen LogP contribution in [-0.4, -0.2) is 0 Å². The number of ether oxygens (including phenoxy) is 1. The van der Waals surface area contributed by atoms with E-state index in [2.05, 4.69) is 11.7 Å². The number of unbranched alkanes of at least 4 members (excludes halogenated alkanes) is 2. The van der Waals surface area contributed by atoms with Gasteiger partial charge in [-0.2, -0.15) is 8.78 Å². The number of benzene rings is 2. The van der Waals surface area contributed by atoms with E-state index in [1.807, 2.05) is 0 Å². The summed E-state index contributed by atoms with van der Waals surface area (Å²) >= 11 is 0. The van der Waals surface area contributed by atoms with Crippen molar-refractivity contribution in [3.63, 3.8) is 0 Å². The molecule has 0 heterocycles. The van der Waals surface area contributed by atoms with Crippen LogP contribution in [0.2, 0.25) is 0 Å². The summed E-state index contributed by atoms with van der Waals surface area (Å²) in [6.07, 6.45) is 8.85. The van der Waals surface area contributed by atoms with Gasteiger partial charge in [-0.25, -0.2) is 8.78 Å². The van der Waals surface area contributed by atoms with Crippen LogP contribution in [0.5, 0.6) is 5.75 Å². The van der Waals surface area contributed by atoms with E-state index in [0.29, 0.717) is 6.07 Å². The summed E-state index contributed by atoms with van der Waals surface area (Å²) < 4.78 is 59.6. The highest BCUT2D eigenvalue weighted by Gasteiger charge is 2.34. The van der Waals surface area contributed by atoms with Crippen LogP contribution in [0.3, 0.4) is 0 Å². The quantitative estimate of drug-likeness (QED) is 0.268. The van der Waals surface area contributed by atoms with Crippen LogP contribution in [0, 0.1) is 23.5 Å². The van der Waals surface area contributed by atoms with Gasteiger partial charge in [0.15, 0.2) is 11.6 Å². The lowest BCUT2D eigenvalue weighted by Crippen LogP contribution is -2.22. The Hall–Kier alpha value is -2.04. The molecule has 0 radical (unpaired) electrons. The highest BCUT2D eigenvalue weighted by atomic mass is 19.3. The van der Waals surface area contributed by atoms with Gasteiger partial charge in [-0.05, 0) is 54.5 Å². The van der Waals surface area contributed by atoms with Gasteiger partial charge < -0.3 is 4.74 Å². The molecular weight excluding hydrogens is 404 g/mol. The summed E-state index contributed by atoms with van der Waals surface area (Å²) in [5.74, 6) is -1.14. The molecule has 0 saturated heterocycles. The van der Waals surface area contributed by atoms with Crippen molar-refractivity contribution in [2.24, 2.45) is 11.8 Å². The molecule has 2 aromatic rings. The predicted molar refractivity (Wildman–Crippen MR) is 115 cm³/mol. The summed E-state index contributed by atoms with van der Waals surface area (Å²) in [4.78, 5) is 0. The number of hydrogen-bond acceptors (Lipinski definition) is 1. The van der Waals surface area contributed by atoms with Gasteiger partial charge in [-0.1, -0.05) is 70.4 Å². The highest BCUT2D eigenvalue weighted by Crippen LogP contribution is 2.35. The van der Waals surface area contributed by atoms with Crippen LogP contribution in [0.25, 0.3) is 0 Å².